The van der Waals surface area contributed by atoms with Gasteiger partial charge in [-0.2, -0.15) is 0 Å². The van der Waals surface area contributed by atoms with Crippen molar-refractivity contribution in [3.05, 3.63) is 84.4 Å². The molecule has 6 nitrogen and oxygen atoms in total. The normalized spacial score (nSPS) is 14.5. The molecule has 0 unspecified atom stereocenters. The highest BCUT2D eigenvalue weighted by Crippen LogP contribution is 2.40. The minimum atomic E-state index is -2.79. The van der Waals surface area contributed by atoms with Gasteiger partial charge in [-0.1, -0.05) is 94.4 Å². The van der Waals surface area contributed by atoms with Crippen LogP contribution in [0.3, 0.4) is 0 Å². The summed E-state index contributed by atoms with van der Waals surface area (Å²) in [6.07, 6.45) is -0.412. The van der Waals surface area contributed by atoms with Crippen LogP contribution in [0.25, 0.3) is 0 Å². The molecule has 0 fully saturated rings. The first-order valence-electron chi connectivity index (χ1n) is 13.4. The maximum atomic E-state index is 10.4. The summed E-state index contributed by atoms with van der Waals surface area (Å²) < 4.78 is 30.0. The van der Waals surface area contributed by atoms with Gasteiger partial charge in [0.1, 0.15) is 6.79 Å². The van der Waals surface area contributed by atoms with E-state index in [2.05, 4.69) is 69.3 Å². The van der Waals surface area contributed by atoms with Crippen LogP contribution in [-0.4, -0.2) is 54.8 Å². The van der Waals surface area contributed by atoms with E-state index < -0.39 is 14.4 Å². The van der Waals surface area contributed by atoms with Crippen LogP contribution in [0.15, 0.2) is 78.9 Å². The summed E-state index contributed by atoms with van der Waals surface area (Å²) in [4.78, 5) is 0. The minimum Gasteiger partial charge on any atom is -0.493 e. The van der Waals surface area contributed by atoms with E-state index >= 15 is 0 Å². The van der Waals surface area contributed by atoms with Gasteiger partial charge in [0.05, 0.1) is 20.3 Å². The van der Waals surface area contributed by atoms with Crippen LogP contribution in [0, 0.1) is 11.8 Å². The molecule has 212 valence electrons. The van der Waals surface area contributed by atoms with Crippen molar-refractivity contribution in [2.75, 3.05) is 41.3 Å². The molecule has 3 atom stereocenters. The second kappa shape index (κ2) is 14.1. The number of aliphatic hydroxyl groups excluding tert-OH is 1. The summed E-state index contributed by atoms with van der Waals surface area (Å²) in [5, 5.41) is 12.6. The van der Waals surface area contributed by atoms with Crippen molar-refractivity contribution in [2.24, 2.45) is 11.8 Å². The summed E-state index contributed by atoms with van der Waals surface area (Å²) in [7, 11) is 2.05. The zero-order valence-corrected chi connectivity index (χ0v) is 25.3. The molecule has 0 aliphatic rings. The van der Waals surface area contributed by atoms with Crippen molar-refractivity contribution < 1.29 is 28.5 Å². The third-order valence-corrected chi connectivity index (χ3v) is 12.4. The van der Waals surface area contributed by atoms with Gasteiger partial charge in [-0.3, -0.25) is 0 Å². The quantitative estimate of drug-likeness (QED) is 0.219. The number of benzene rings is 3. The molecule has 0 aliphatic heterocycles. The molecule has 0 bridgehead atoms. The van der Waals surface area contributed by atoms with E-state index in [1.165, 1.54) is 10.4 Å². The Hall–Kier alpha value is -2.68. The predicted octanol–water partition coefficient (Wildman–Crippen LogP) is 5.19. The van der Waals surface area contributed by atoms with Crippen molar-refractivity contribution in [3.8, 4) is 11.5 Å². The van der Waals surface area contributed by atoms with Gasteiger partial charge in [-0.15, -0.1) is 0 Å². The zero-order valence-electron chi connectivity index (χ0n) is 24.3. The number of hydrogen-bond donors (Lipinski definition) is 1. The summed E-state index contributed by atoms with van der Waals surface area (Å²) in [6.45, 7) is 9.30. The van der Waals surface area contributed by atoms with Crippen molar-refractivity contribution in [3.63, 3.8) is 0 Å². The fourth-order valence-electron chi connectivity index (χ4n) is 5.31. The van der Waals surface area contributed by atoms with Crippen molar-refractivity contribution in [1.29, 1.82) is 0 Å². The van der Waals surface area contributed by atoms with Crippen LogP contribution in [0.4, 0.5) is 0 Å². The molecule has 39 heavy (non-hydrogen) atoms. The molecule has 0 aromatic heterocycles. The van der Waals surface area contributed by atoms with Crippen LogP contribution in [-0.2, 0) is 13.9 Å². The summed E-state index contributed by atoms with van der Waals surface area (Å²) in [6, 6.07) is 26.9. The summed E-state index contributed by atoms with van der Waals surface area (Å²) >= 11 is 0. The highest BCUT2D eigenvalue weighted by Gasteiger charge is 2.51. The fraction of sp³-hybridized carbons (Fsp3) is 0.438. The van der Waals surface area contributed by atoms with Gasteiger partial charge in [0.15, 0.2) is 11.5 Å². The van der Waals surface area contributed by atoms with Crippen LogP contribution < -0.4 is 19.8 Å². The topological polar surface area (TPSA) is 66.4 Å². The predicted molar refractivity (Wildman–Crippen MR) is 159 cm³/mol. The van der Waals surface area contributed by atoms with Crippen LogP contribution in [0.1, 0.15) is 39.4 Å². The fourth-order valence-corrected chi connectivity index (χ4v) is 9.90. The Kier molecular flexibility index (Phi) is 11.2. The first-order chi connectivity index (χ1) is 18.7. The molecule has 0 spiro atoms. The maximum absolute atomic E-state index is 10.4. The Labute approximate surface area is 235 Å². The van der Waals surface area contributed by atoms with E-state index in [0.29, 0.717) is 18.1 Å². The van der Waals surface area contributed by atoms with Crippen LogP contribution in [0.2, 0.25) is 5.04 Å². The Morgan fingerprint density at radius 1 is 0.795 bits per heavy atom. The number of hydrogen-bond acceptors (Lipinski definition) is 6. The summed E-state index contributed by atoms with van der Waals surface area (Å²) in [5.41, 5.74) is 0.904. The van der Waals surface area contributed by atoms with E-state index in [0.717, 1.165) is 5.56 Å². The molecule has 0 radical (unpaired) electrons. The molecule has 0 heterocycles. The highest BCUT2D eigenvalue weighted by molar-refractivity contribution is 6.99. The number of methoxy groups -OCH3 is 3. The maximum Gasteiger partial charge on any atom is 0.261 e. The smallest absolute Gasteiger partial charge is 0.261 e. The Balaban J connectivity index is 2.12. The van der Waals surface area contributed by atoms with Crippen molar-refractivity contribution in [2.45, 2.75) is 38.8 Å². The highest BCUT2D eigenvalue weighted by atomic mass is 28.4. The third kappa shape index (κ3) is 6.91. The molecule has 3 aromatic carbocycles. The molecule has 1 N–H and O–H groups in total. The van der Waals surface area contributed by atoms with E-state index in [9.17, 15) is 5.11 Å². The number of aliphatic hydroxyl groups is 1. The van der Waals surface area contributed by atoms with Gasteiger partial charge in [-0.25, -0.2) is 0 Å². The first-order valence-corrected chi connectivity index (χ1v) is 15.3. The average Bonchev–Trinajstić information content (AvgIpc) is 2.96. The lowest BCUT2D eigenvalue weighted by Crippen LogP contribution is -2.67. The largest absolute Gasteiger partial charge is 0.493 e. The van der Waals surface area contributed by atoms with Gasteiger partial charge >= 0.3 is 0 Å². The lowest BCUT2D eigenvalue weighted by molar-refractivity contribution is -0.111. The molecule has 7 heteroatoms. The standard InChI is InChI=1S/C32H44O6Si/c1-24(21-33)28(31(37-23-34-5)25-18-19-29(35-6)30(20-25)36-7)22-38-39(32(2,3)4,26-14-10-8-11-15-26)27-16-12-9-13-17-27/h8-20,24,28,31,33H,21-23H2,1-7H3/t24-,28+,31+/m1/s1. The summed E-state index contributed by atoms with van der Waals surface area (Å²) in [5.74, 6) is 0.967. The second-order valence-corrected chi connectivity index (χ2v) is 15.2. The van der Waals surface area contributed by atoms with E-state index in [1.807, 2.05) is 37.3 Å². The molecule has 3 rings (SSSR count). The van der Waals surface area contributed by atoms with Gasteiger partial charge in [0.2, 0.25) is 0 Å². The number of ether oxygens (including phenoxy) is 4. The lowest BCUT2D eigenvalue weighted by atomic mass is 9.86. The van der Waals surface area contributed by atoms with E-state index in [1.54, 1.807) is 21.3 Å². The van der Waals surface area contributed by atoms with Gasteiger partial charge in [-0.05, 0) is 39.0 Å². The average molecular weight is 553 g/mol. The Morgan fingerprint density at radius 2 is 1.36 bits per heavy atom. The molecular formula is C32H44O6Si. The monoisotopic (exact) mass is 552 g/mol. The van der Waals surface area contributed by atoms with Gasteiger partial charge < -0.3 is 28.5 Å². The zero-order chi connectivity index (χ0) is 28.5. The van der Waals surface area contributed by atoms with Crippen LogP contribution in [0.5, 0.6) is 11.5 Å². The van der Waals surface area contributed by atoms with Gasteiger partial charge in [0.25, 0.3) is 8.32 Å². The first kappa shape index (κ1) is 30.9. The van der Waals surface area contributed by atoms with E-state index in [-0.39, 0.29) is 30.3 Å². The third-order valence-electron chi connectivity index (χ3n) is 7.42. The van der Waals surface area contributed by atoms with Crippen molar-refractivity contribution in [1.82, 2.24) is 0 Å². The molecule has 0 saturated carbocycles. The lowest BCUT2D eigenvalue weighted by Gasteiger charge is -2.44. The SMILES string of the molecule is COCO[C@@H](c1ccc(OC)c(OC)c1)[C@@H](CO[Si](c1ccccc1)(c1ccccc1)C(C)(C)C)[C@H](C)CO. The van der Waals surface area contributed by atoms with Crippen molar-refractivity contribution >= 4 is 18.7 Å². The second-order valence-electron chi connectivity index (χ2n) is 10.9. The molecule has 0 amide bonds. The molecular weight excluding hydrogens is 508 g/mol. The van der Waals surface area contributed by atoms with Gasteiger partial charge in [0, 0.05) is 26.2 Å². The Bertz CT molecular complexity index is 1090. The molecule has 0 saturated heterocycles. The Morgan fingerprint density at radius 3 is 1.82 bits per heavy atom. The number of rotatable bonds is 14. The minimum absolute atomic E-state index is 0.00505. The van der Waals surface area contributed by atoms with E-state index in [4.69, 9.17) is 23.4 Å². The molecule has 3 aromatic rings. The molecule has 0 aliphatic carbocycles. The van der Waals surface area contributed by atoms with Crippen LogP contribution >= 0.6 is 0 Å².